The van der Waals surface area contributed by atoms with Crippen LogP contribution in [0.5, 0.6) is 0 Å². The number of benzene rings is 2. The minimum absolute atomic E-state index is 0.0116. The van der Waals surface area contributed by atoms with Crippen molar-refractivity contribution in [1.82, 2.24) is 0 Å². The lowest BCUT2D eigenvalue weighted by Gasteiger charge is -2.10. The number of Topliss-reactive ketones (excluding diaryl/α,β-unsaturated/α-hetero) is 1. The summed E-state index contributed by atoms with van der Waals surface area (Å²) in [4.78, 5) is 12.3. The normalized spacial score (nSPS) is 16.6. The number of halogens is 2. The van der Waals surface area contributed by atoms with E-state index >= 15 is 0 Å². The molecule has 1 aliphatic heterocycles. The molecule has 2 aromatic rings. The first-order valence-corrected chi connectivity index (χ1v) is 6.82. The molecule has 1 unspecified atom stereocenters. The van der Waals surface area contributed by atoms with Crippen LogP contribution in [0, 0.1) is 5.82 Å². The molecule has 0 fully saturated rings. The Labute approximate surface area is 121 Å². The SMILES string of the molecule is O=C(Cc1ccc(Cl)cc1F)C1Cc2ccccc2N1. The second kappa shape index (κ2) is 5.25. The van der Waals surface area contributed by atoms with Crippen molar-refractivity contribution in [2.75, 3.05) is 5.32 Å². The number of carbonyl (C=O) groups excluding carboxylic acids is 1. The van der Waals surface area contributed by atoms with Gasteiger partial charge < -0.3 is 5.32 Å². The van der Waals surface area contributed by atoms with Crippen molar-refractivity contribution in [3.63, 3.8) is 0 Å². The molecule has 0 amide bonds. The summed E-state index contributed by atoms with van der Waals surface area (Å²) in [6, 6.07) is 12.0. The molecule has 2 nitrogen and oxygen atoms in total. The molecule has 0 saturated heterocycles. The molecule has 1 atom stereocenters. The van der Waals surface area contributed by atoms with E-state index in [1.807, 2.05) is 24.3 Å². The topological polar surface area (TPSA) is 29.1 Å². The van der Waals surface area contributed by atoms with E-state index in [1.165, 1.54) is 6.07 Å². The summed E-state index contributed by atoms with van der Waals surface area (Å²) in [6.07, 6.45) is 0.735. The second-order valence-corrected chi connectivity index (χ2v) is 5.37. The Morgan fingerprint density at radius 2 is 2.10 bits per heavy atom. The Morgan fingerprint density at radius 3 is 2.85 bits per heavy atom. The molecular weight excluding hydrogens is 277 g/mol. The molecule has 0 saturated carbocycles. The Hall–Kier alpha value is -1.87. The molecule has 0 bridgehead atoms. The van der Waals surface area contributed by atoms with Gasteiger partial charge in [-0.2, -0.15) is 0 Å². The zero-order valence-corrected chi connectivity index (χ0v) is 11.5. The van der Waals surface area contributed by atoms with Crippen LogP contribution in [0.3, 0.4) is 0 Å². The lowest BCUT2D eigenvalue weighted by atomic mass is 10.0. The first kappa shape index (κ1) is 13.1. The van der Waals surface area contributed by atoms with E-state index in [4.69, 9.17) is 11.6 Å². The number of carbonyl (C=O) groups is 1. The standard InChI is InChI=1S/C16H13ClFNO/c17-12-6-5-10(13(18)9-12)8-16(20)15-7-11-3-1-2-4-14(11)19-15/h1-6,9,15,19H,7-8H2. The fraction of sp³-hybridized carbons (Fsp3) is 0.188. The Balaban J connectivity index is 1.72. The van der Waals surface area contributed by atoms with Gasteiger partial charge >= 0.3 is 0 Å². The molecule has 2 aromatic carbocycles. The maximum absolute atomic E-state index is 13.7. The zero-order chi connectivity index (χ0) is 14.1. The Kier molecular flexibility index (Phi) is 3.45. The van der Waals surface area contributed by atoms with Crippen molar-refractivity contribution in [2.45, 2.75) is 18.9 Å². The summed E-state index contributed by atoms with van der Waals surface area (Å²) in [5.41, 5.74) is 2.50. The maximum Gasteiger partial charge on any atom is 0.159 e. The van der Waals surface area contributed by atoms with Crippen LogP contribution in [0.1, 0.15) is 11.1 Å². The third-order valence-corrected chi connectivity index (χ3v) is 3.77. The van der Waals surface area contributed by atoms with Gasteiger partial charge in [0.1, 0.15) is 5.82 Å². The number of ketones is 1. The predicted molar refractivity (Wildman–Crippen MR) is 77.7 cm³/mol. The molecule has 0 spiro atoms. The van der Waals surface area contributed by atoms with Crippen molar-refractivity contribution in [2.24, 2.45) is 0 Å². The van der Waals surface area contributed by atoms with E-state index in [1.54, 1.807) is 12.1 Å². The van der Waals surface area contributed by atoms with Crippen molar-refractivity contribution >= 4 is 23.1 Å². The molecule has 102 valence electrons. The van der Waals surface area contributed by atoms with Crippen LogP contribution in [0.25, 0.3) is 0 Å². The van der Waals surface area contributed by atoms with Crippen molar-refractivity contribution in [1.29, 1.82) is 0 Å². The van der Waals surface area contributed by atoms with E-state index in [0.29, 0.717) is 17.0 Å². The minimum Gasteiger partial charge on any atom is -0.375 e. The molecular formula is C16H13ClFNO. The van der Waals surface area contributed by atoms with E-state index in [9.17, 15) is 9.18 Å². The van der Waals surface area contributed by atoms with Crippen LogP contribution < -0.4 is 5.32 Å². The van der Waals surface area contributed by atoms with Gasteiger partial charge in [-0.25, -0.2) is 4.39 Å². The third-order valence-electron chi connectivity index (χ3n) is 3.54. The monoisotopic (exact) mass is 289 g/mol. The smallest absolute Gasteiger partial charge is 0.159 e. The van der Waals surface area contributed by atoms with Crippen LogP contribution in [-0.4, -0.2) is 11.8 Å². The predicted octanol–water partition coefficient (Wildman–Crippen LogP) is 3.63. The first-order chi connectivity index (χ1) is 9.63. The largest absolute Gasteiger partial charge is 0.375 e. The van der Waals surface area contributed by atoms with Gasteiger partial charge in [0, 0.05) is 23.6 Å². The van der Waals surface area contributed by atoms with Crippen molar-refractivity contribution in [3.05, 3.63) is 64.4 Å². The van der Waals surface area contributed by atoms with E-state index in [0.717, 1.165) is 11.3 Å². The van der Waals surface area contributed by atoms with E-state index in [-0.39, 0.29) is 18.2 Å². The molecule has 1 heterocycles. The lowest BCUT2D eigenvalue weighted by Crippen LogP contribution is -2.28. The van der Waals surface area contributed by atoms with Crippen LogP contribution in [-0.2, 0) is 17.6 Å². The Bertz CT molecular complexity index is 646. The highest BCUT2D eigenvalue weighted by atomic mass is 35.5. The molecule has 0 aromatic heterocycles. The average molecular weight is 290 g/mol. The summed E-state index contributed by atoms with van der Waals surface area (Å²) in [7, 11) is 0. The van der Waals surface area contributed by atoms with Crippen LogP contribution in [0.4, 0.5) is 10.1 Å². The van der Waals surface area contributed by atoms with Gasteiger partial charge in [0.2, 0.25) is 0 Å². The van der Waals surface area contributed by atoms with Gasteiger partial charge in [-0.15, -0.1) is 0 Å². The molecule has 3 rings (SSSR count). The number of nitrogens with one attached hydrogen (secondary N) is 1. The lowest BCUT2D eigenvalue weighted by molar-refractivity contribution is -0.119. The number of hydrogen-bond donors (Lipinski definition) is 1. The van der Waals surface area contributed by atoms with E-state index < -0.39 is 5.82 Å². The fourth-order valence-electron chi connectivity index (χ4n) is 2.47. The highest BCUT2D eigenvalue weighted by molar-refractivity contribution is 6.30. The van der Waals surface area contributed by atoms with Crippen LogP contribution in [0.15, 0.2) is 42.5 Å². The van der Waals surface area contributed by atoms with Gasteiger partial charge in [-0.05, 0) is 29.3 Å². The summed E-state index contributed by atoms with van der Waals surface area (Å²) < 4.78 is 13.7. The summed E-state index contributed by atoms with van der Waals surface area (Å²) >= 11 is 5.70. The van der Waals surface area contributed by atoms with Crippen LogP contribution in [0.2, 0.25) is 5.02 Å². The molecule has 0 aliphatic carbocycles. The van der Waals surface area contributed by atoms with Gasteiger partial charge in [-0.3, -0.25) is 4.79 Å². The van der Waals surface area contributed by atoms with Crippen molar-refractivity contribution in [3.8, 4) is 0 Å². The van der Waals surface area contributed by atoms with Crippen molar-refractivity contribution < 1.29 is 9.18 Å². The highest BCUT2D eigenvalue weighted by Crippen LogP contribution is 2.26. The minimum atomic E-state index is -0.429. The number of para-hydroxylation sites is 1. The first-order valence-electron chi connectivity index (χ1n) is 6.44. The second-order valence-electron chi connectivity index (χ2n) is 4.94. The third kappa shape index (κ3) is 2.54. The van der Waals surface area contributed by atoms with E-state index in [2.05, 4.69) is 5.32 Å². The molecule has 4 heteroatoms. The number of hydrogen-bond acceptors (Lipinski definition) is 2. The molecule has 1 aliphatic rings. The zero-order valence-electron chi connectivity index (χ0n) is 10.7. The van der Waals surface area contributed by atoms with Crippen LogP contribution >= 0.6 is 11.6 Å². The summed E-state index contributed by atoms with van der Waals surface area (Å²) in [6.45, 7) is 0. The van der Waals surface area contributed by atoms with Gasteiger partial charge in [0.25, 0.3) is 0 Å². The van der Waals surface area contributed by atoms with Gasteiger partial charge in [-0.1, -0.05) is 35.9 Å². The summed E-state index contributed by atoms with van der Waals surface area (Å²) in [5, 5.41) is 3.53. The molecule has 0 radical (unpaired) electrons. The fourth-order valence-corrected chi connectivity index (χ4v) is 2.63. The molecule has 1 N–H and O–H groups in total. The quantitative estimate of drug-likeness (QED) is 0.935. The molecule has 20 heavy (non-hydrogen) atoms. The maximum atomic E-state index is 13.7. The summed E-state index contributed by atoms with van der Waals surface area (Å²) in [5.74, 6) is -0.441. The average Bonchev–Trinajstić information content (AvgIpc) is 2.86. The van der Waals surface area contributed by atoms with Gasteiger partial charge in [0.05, 0.1) is 6.04 Å². The highest BCUT2D eigenvalue weighted by Gasteiger charge is 2.26. The van der Waals surface area contributed by atoms with Gasteiger partial charge in [0.15, 0.2) is 5.78 Å². The number of rotatable bonds is 3. The Morgan fingerprint density at radius 1 is 1.30 bits per heavy atom. The number of fused-ring (bicyclic) bond motifs is 1. The number of anilines is 1.